The van der Waals surface area contributed by atoms with Crippen molar-refractivity contribution < 1.29 is 13.6 Å². The Balaban J connectivity index is 1.86. The van der Waals surface area contributed by atoms with Gasteiger partial charge in [0.25, 0.3) is 0 Å². The zero-order chi connectivity index (χ0) is 18.7. The number of hydrogen-bond acceptors (Lipinski definition) is 2. The van der Waals surface area contributed by atoms with Crippen molar-refractivity contribution in [1.82, 2.24) is 10.2 Å². The molecule has 1 N–H and O–H groups in total. The minimum atomic E-state index is -1.17. The van der Waals surface area contributed by atoms with Crippen LogP contribution in [0.2, 0.25) is 0 Å². The second-order valence-electron chi connectivity index (χ2n) is 7.08. The lowest BCUT2D eigenvalue weighted by Gasteiger charge is -2.25. The number of halogens is 2. The van der Waals surface area contributed by atoms with E-state index in [0.29, 0.717) is 12.1 Å². The molecule has 0 spiro atoms. The summed E-state index contributed by atoms with van der Waals surface area (Å²) in [6.45, 7) is 4.46. The first kappa shape index (κ1) is 18.5. The molecule has 0 aromatic heterocycles. The van der Waals surface area contributed by atoms with Crippen LogP contribution in [-0.4, -0.2) is 36.1 Å². The number of allylic oxidation sites excluding steroid dienone is 3. The Hall–Kier alpha value is -2.27. The van der Waals surface area contributed by atoms with E-state index in [0.717, 1.165) is 11.1 Å². The van der Waals surface area contributed by atoms with E-state index in [1.165, 1.54) is 12.2 Å². The van der Waals surface area contributed by atoms with Gasteiger partial charge in [0.05, 0.1) is 12.6 Å². The van der Waals surface area contributed by atoms with Crippen LogP contribution in [0, 0.1) is 0 Å². The number of alkyl halides is 1. The Bertz CT molecular complexity index is 753. The lowest BCUT2D eigenvalue weighted by molar-refractivity contribution is -0.122. The smallest absolute Gasteiger partial charge is 0.234 e. The fraction of sp³-hybridized carbons (Fsp3) is 0.381. The molecule has 0 saturated carbocycles. The molecule has 1 heterocycles. The van der Waals surface area contributed by atoms with Gasteiger partial charge in [-0.25, -0.2) is 8.78 Å². The van der Waals surface area contributed by atoms with Crippen LogP contribution in [0.25, 0.3) is 0 Å². The van der Waals surface area contributed by atoms with E-state index in [9.17, 15) is 13.6 Å². The summed E-state index contributed by atoms with van der Waals surface area (Å²) in [7, 11) is 0. The van der Waals surface area contributed by atoms with Crippen LogP contribution in [0.15, 0.2) is 65.5 Å². The highest BCUT2D eigenvalue weighted by atomic mass is 19.1. The molecule has 1 unspecified atom stereocenters. The molecule has 1 aliphatic heterocycles. The van der Waals surface area contributed by atoms with Crippen LogP contribution in [-0.2, 0) is 4.79 Å². The van der Waals surface area contributed by atoms with E-state index in [4.69, 9.17) is 0 Å². The molecule has 0 saturated heterocycles. The van der Waals surface area contributed by atoms with Crippen molar-refractivity contribution in [3.05, 3.63) is 71.1 Å². The lowest BCUT2D eigenvalue weighted by Crippen LogP contribution is -2.40. The van der Waals surface area contributed by atoms with E-state index in [-0.39, 0.29) is 36.8 Å². The molecule has 138 valence electrons. The van der Waals surface area contributed by atoms with Gasteiger partial charge in [0, 0.05) is 19.0 Å². The number of rotatable bonds is 5. The summed E-state index contributed by atoms with van der Waals surface area (Å²) >= 11 is 0. The number of hydrogen-bond donors (Lipinski definition) is 1. The lowest BCUT2D eigenvalue weighted by atomic mass is 9.95. The average molecular weight is 358 g/mol. The zero-order valence-corrected chi connectivity index (χ0v) is 15.1. The van der Waals surface area contributed by atoms with Crippen molar-refractivity contribution in [1.29, 1.82) is 0 Å². The standard InChI is InChI=1S/C21H24F2N2O/c1-14(2)24-21(26)13-25-12-16(18-11-17(22)8-9-19(18)23)10-20(25)15-6-4-3-5-7-15/h3-10,14,17,20H,11-13H2,1-2H3,(H,24,26)/t17?,20-/m0/s1. The minimum absolute atomic E-state index is 0.0434. The molecule has 5 heteroatoms. The highest BCUT2D eigenvalue weighted by Crippen LogP contribution is 2.37. The van der Waals surface area contributed by atoms with E-state index < -0.39 is 6.17 Å². The molecule has 26 heavy (non-hydrogen) atoms. The molecule has 1 amide bonds. The second-order valence-corrected chi connectivity index (χ2v) is 7.08. The molecule has 1 aromatic rings. The monoisotopic (exact) mass is 358 g/mol. The first-order valence-electron chi connectivity index (χ1n) is 8.94. The van der Waals surface area contributed by atoms with Gasteiger partial charge >= 0.3 is 0 Å². The van der Waals surface area contributed by atoms with Crippen LogP contribution >= 0.6 is 0 Å². The second kappa shape index (κ2) is 7.96. The minimum Gasteiger partial charge on any atom is -0.353 e. The quantitative estimate of drug-likeness (QED) is 0.862. The number of carbonyl (C=O) groups excluding carboxylic acids is 1. The maximum Gasteiger partial charge on any atom is 0.234 e. The van der Waals surface area contributed by atoms with E-state index in [2.05, 4.69) is 5.32 Å². The summed E-state index contributed by atoms with van der Waals surface area (Å²) in [5.41, 5.74) is 2.21. The third kappa shape index (κ3) is 4.28. The summed E-state index contributed by atoms with van der Waals surface area (Å²) in [5.74, 6) is -0.456. The Labute approximate surface area is 153 Å². The molecular weight excluding hydrogens is 334 g/mol. The molecule has 2 atom stereocenters. The first-order valence-corrected chi connectivity index (χ1v) is 8.94. The molecule has 1 aliphatic carbocycles. The van der Waals surface area contributed by atoms with Crippen molar-refractivity contribution >= 4 is 5.91 Å². The molecule has 3 nitrogen and oxygen atoms in total. The van der Waals surface area contributed by atoms with Crippen LogP contribution < -0.4 is 5.32 Å². The van der Waals surface area contributed by atoms with Gasteiger partial charge in [-0.15, -0.1) is 0 Å². The fourth-order valence-electron chi connectivity index (χ4n) is 3.46. The van der Waals surface area contributed by atoms with Gasteiger partial charge in [-0.3, -0.25) is 9.69 Å². The summed E-state index contributed by atoms with van der Waals surface area (Å²) in [4.78, 5) is 14.2. The van der Waals surface area contributed by atoms with Crippen molar-refractivity contribution in [3.63, 3.8) is 0 Å². The van der Waals surface area contributed by atoms with Crippen LogP contribution in [0.5, 0.6) is 0 Å². The predicted molar refractivity (Wildman–Crippen MR) is 98.9 cm³/mol. The maximum absolute atomic E-state index is 14.3. The summed E-state index contributed by atoms with van der Waals surface area (Å²) < 4.78 is 28.0. The topological polar surface area (TPSA) is 32.3 Å². The van der Waals surface area contributed by atoms with Gasteiger partial charge in [0.2, 0.25) is 5.91 Å². The number of benzene rings is 1. The Morgan fingerprint density at radius 2 is 2.04 bits per heavy atom. The SMILES string of the molecule is CC(C)NC(=O)CN1CC(C2=C(F)C=CC(F)C2)=C[C@H]1c1ccccc1. The molecule has 3 rings (SSSR count). The Morgan fingerprint density at radius 1 is 1.31 bits per heavy atom. The van der Waals surface area contributed by atoms with Gasteiger partial charge in [-0.2, -0.15) is 0 Å². The van der Waals surface area contributed by atoms with Crippen LogP contribution in [0.1, 0.15) is 31.9 Å². The Kier molecular flexibility index (Phi) is 5.67. The van der Waals surface area contributed by atoms with Crippen LogP contribution in [0.4, 0.5) is 8.78 Å². The van der Waals surface area contributed by atoms with Gasteiger partial charge < -0.3 is 5.32 Å². The maximum atomic E-state index is 14.3. The van der Waals surface area contributed by atoms with Gasteiger partial charge in [0.15, 0.2) is 0 Å². The van der Waals surface area contributed by atoms with Crippen molar-refractivity contribution in [2.45, 2.75) is 38.5 Å². The van der Waals surface area contributed by atoms with Crippen molar-refractivity contribution in [2.75, 3.05) is 13.1 Å². The summed E-state index contributed by atoms with van der Waals surface area (Å²) in [5, 5.41) is 2.89. The van der Waals surface area contributed by atoms with E-state index >= 15 is 0 Å². The molecule has 2 aliphatic rings. The molecule has 0 fully saturated rings. The number of nitrogens with zero attached hydrogens (tertiary/aromatic N) is 1. The first-order chi connectivity index (χ1) is 12.4. The van der Waals surface area contributed by atoms with Gasteiger partial charge in [-0.1, -0.05) is 36.4 Å². The normalized spacial score (nSPS) is 23.5. The highest BCUT2D eigenvalue weighted by Gasteiger charge is 2.31. The molecular formula is C21H24F2N2O. The highest BCUT2D eigenvalue weighted by molar-refractivity contribution is 5.78. The van der Waals surface area contributed by atoms with Crippen LogP contribution in [0.3, 0.4) is 0 Å². The van der Waals surface area contributed by atoms with Crippen molar-refractivity contribution in [2.24, 2.45) is 0 Å². The zero-order valence-electron chi connectivity index (χ0n) is 15.1. The average Bonchev–Trinajstić information content (AvgIpc) is 3.00. The summed E-state index contributed by atoms with van der Waals surface area (Å²) in [6.07, 6.45) is 3.28. The predicted octanol–water partition coefficient (Wildman–Crippen LogP) is 4.02. The fourth-order valence-corrected chi connectivity index (χ4v) is 3.46. The third-order valence-corrected chi connectivity index (χ3v) is 4.59. The number of amides is 1. The number of nitrogens with one attached hydrogen (secondary N) is 1. The third-order valence-electron chi connectivity index (χ3n) is 4.59. The van der Waals surface area contributed by atoms with E-state index in [1.807, 2.05) is 55.2 Å². The molecule has 1 aromatic carbocycles. The summed E-state index contributed by atoms with van der Waals surface area (Å²) in [6, 6.07) is 9.71. The van der Waals surface area contributed by atoms with Gasteiger partial charge in [-0.05, 0) is 42.7 Å². The van der Waals surface area contributed by atoms with Crippen molar-refractivity contribution in [3.8, 4) is 0 Å². The largest absolute Gasteiger partial charge is 0.353 e. The molecule has 0 bridgehead atoms. The number of carbonyl (C=O) groups is 1. The Morgan fingerprint density at radius 3 is 2.73 bits per heavy atom. The molecule has 0 radical (unpaired) electrons. The van der Waals surface area contributed by atoms with Gasteiger partial charge in [0.1, 0.15) is 12.0 Å². The van der Waals surface area contributed by atoms with E-state index in [1.54, 1.807) is 0 Å².